The Morgan fingerprint density at radius 3 is 2.41 bits per heavy atom. The smallest absolute Gasteiger partial charge is 0.416 e. The first kappa shape index (κ1) is 32.9. The van der Waals surface area contributed by atoms with Gasteiger partial charge in [-0.05, 0) is 56.2 Å². The summed E-state index contributed by atoms with van der Waals surface area (Å²) in [6.45, 7) is 3.58. The predicted octanol–water partition coefficient (Wildman–Crippen LogP) is 5.54. The van der Waals surface area contributed by atoms with E-state index in [9.17, 15) is 32.7 Å². The van der Waals surface area contributed by atoms with Crippen molar-refractivity contribution < 1.29 is 37.4 Å². The summed E-state index contributed by atoms with van der Waals surface area (Å²) in [7, 11) is 1.52. The number of nitrogens with zero attached hydrogens (tertiary/aromatic N) is 2. The van der Waals surface area contributed by atoms with E-state index in [1.807, 2.05) is 6.92 Å². The van der Waals surface area contributed by atoms with Crippen LogP contribution in [0.4, 0.5) is 34.1 Å². The first-order valence-corrected chi connectivity index (χ1v) is 14.9. The van der Waals surface area contributed by atoms with Crippen molar-refractivity contribution >= 4 is 29.3 Å². The largest absolute Gasteiger partial charge is 0.485 e. The quantitative estimate of drug-likeness (QED) is 0.324. The maximum absolute atomic E-state index is 13.7. The number of anilines is 2. The summed E-state index contributed by atoms with van der Waals surface area (Å²) in [5.74, 6) is -0.539. The molecule has 0 spiro atoms. The highest BCUT2D eigenvalue weighted by atomic mass is 19.4. The first-order chi connectivity index (χ1) is 20.9. The summed E-state index contributed by atoms with van der Waals surface area (Å²) in [6.07, 6.45) is -0.144. The molecule has 1 saturated carbocycles. The number of rotatable bonds is 7. The average Bonchev–Trinajstić information content (AvgIpc) is 2.99. The first-order valence-electron chi connectivity index (χ1n) is 14.9. The monoisotopic (exact) mass is 619 g/mol. The van der Waals surface area contributed by atoms with Crippen molar-refractivity contribution in [1.29, 1.82) is 0 Å². The Hall–Kier alpha value is -4.00. The Labute approximate surface area is 254 Å². The minimum absolute atomic E-state index is 0.0468. The Morgan fingerprint density at radius 2 is 1.77 bits per heavy atom. The van der Waals surface area contributed by atoms with Gasteiger partial charge in [0.15, 0.2) is 5.75 Å². The number of ether oxygens (including phenoxy) is 1. The van der Waals surface area contributed by atoms with Gasteiger partial charge < -0.3 is 35.6 Å². The number of alkyl halides is 3. The molecule has 4 rings (SSSR count). The van der Waals surface area contributed by atoms with Gasteiger partial charge in [-0.25, -0.2) is 9.59 Å². The SMILES string of the molecule is CC1CN(C(C)CO)C(=O)c2cccc(NC(=O)NC3CCCCC3)c2OC1CN(C)C(=O)Nc1ccc(C(F)(F)F)cc1. The third-order valence-electron chi connectivity index (χ3n) is 8.14. The lowest BCUT2D eigenvalue weighted by Gasteiger charge is -2.38. The number of benzene rings is 2. The molecule has 13 heteroatoms. The molecular formula is C31H40F3N5O5. The zero-order chi connectivity index (χ0) is 32.0. The van der Waals surface area contributed by atoms with Crippen LogP contribution >= 0.6 is 0 Å². The number of carbonyl (C=O) groups excluding carboxylic acids is 3. The molecule has 0 aromatic heterocycles. The molecule has 4 N–H and O–H groups in total. The maximum Gasteiger partial charge on any atom is 0.416 e. The zero-order valence-corrected chi connectivity index (χ0v) is 25.1. The Morgan fingerprint density at radius 1 is 1.09 bits per heavy atom. The predicted molar refractivity (Wildman–Crippen MR) is 160 cm³/mol. The van der Waals surface area contributed by atoms with Gasteiger partial charge >= 0.3 is 18.2 Å². The number of halogens is 3. The van der Waals surface area contributed by atoms with Crippen molar-refractivity contribution in [3.8, 4) is 5.75 Å². The number of likely N-dealkylation sites (N-methyl/N-ethyl adjacent to an activating group) is 1. The van der Waals surface area contributed by atoms with E-state index >= 15 is 0 Å². The highest BCUT2D eigenvalue weighted by Gasteiger charge is 2.35. The van der Waals surface area contributed by atoms with Gasteiger partial charge in [0.2, 0.25) is 0 Å². The van der Waals surface area contributed by atoms with Gasteiger partial charge in [0.25, 0.3) is 5.91 Å². The highest BCUT2D eigenvalue weighted by molar-refractivity contribution is 6.01. The van der Waals surface area contributed by atoms with E-state index in [1.54, 1.807) is 30.0 Å². The molecule has 3 atom stereocenters. The molecule has 2 aromatic rings. The molecule has 2 aromatic carbocycles. The molecule has 2 aliphatic rings. The van der Waals surface area contributed by atoms with Gasteiger partial charge in [-0.1, -0.05) is 32.3 Å². The fourth-order valence-electron chi connectivity index (χ4n) is 5.46. The lowest BCUT2D eigenvalue weighted by atomic mass is 9.96. The topological polar surface area (TPSA) is 123 Å². The van der Waals surface area contributed by atoms with Gasteiger partial charge in [-0.2, -0.15) is 13.2 Å². The van der Waals surface area contributed by atoms with Crippen molar-refractivity contribution in [2.45, 2.75) is 70.3 Å². The van der Waals surface area contributed by atoms with Crippen molar-refractivity contribution in [3.63, 3.8) is 0 Å². The van der Waals surface area contributed by atoms with Crippen molar-refractivity contribution in [1.82, 2.24) is 15.1 Å². The number of urea groups is 2. The highest BCUT2D eigenvalue weighted by Crippen LogP contribution is 2.35. The summed E-state index contributed by atoms with van der Waals surface area (Å²) >= 11 is 0. The molecule has 10 nitrogen and oxygen atoms in total. The Kier molecular flexibility index (Phi) is 10.6. The number of aliphatic hydroxyl groups is 1. The fourth-order valence-corrected chi connectivity index (χ4v) is 5.46. The Balaban J connectivity index is 1.56. The third-order valence-corrected chi connectivity index (χ3v) is 8.14. The molecular weight excluding hydrogens is 579 g/mol. The molecule has 0 saturated heterocycles. The van der Waals surface area contributed by atoms with Gasteiger partial charge in [0, 0.05) is 31.2 Å². The van der Waals surface area contributed by atoms with E-state index < -0.39 is 35.9 Å². The minimum atomic E-state index is -4.49. The third kappa shape index (κ3) is 8.13. The van der Waals surface area contributed by atoms with Crippen molar-refractivity contribution in [3.05, 3.63) is 53.6 Å². The number of carbonyl (C=O) groups is 3. The second kappa shape index (κ2) is 14.2. The number of hydrogen-bond donors (Lipinski definition) is 4. The number of aliphatic hydroxyl groups excluding tert-OH is 1. The maximum atomic E-state index is 13.7. The molecule has 0 bridgehead atoms. The van der Waals surface area contributed by atoms with Gasteiger partial charge in [0.05, 0.1) is 36.0 Å². The van der Waals surface area contributed by atoms with Crippen LogP contribution in [0.2, 0.25) is 0 Å². The zero-order valence-electron chi connectivity index (χ0n) is 25.1. The Bertz CT molecular complexity index is 1320. The van der Waals surface area contributed by atoms with Crippen molar-refractivity contribution in [2.24, 2.45) is 5.92 Å². The molecule has 1 aliphatic carbocycles. The van der Waals surface area contributed by atoms with E-state index in [0.29, 0.717) is 0 Å². The van der Waals surface area contributed by atoms with Crippen molar-refractivity contribution in [2.75, 3.05) is 37.4 Å². The van der Waals surface area contributed by atoms with Crippen LogP contribution in [-0.2, 0) is 6.18 Å². The van der Waals surface area contributed by atoms with Crippen LogP contribution in [0.25, 0.3) is 0 Å². The van der Waals surface area contributed by atoms with Crippen LogP contribution in [-0.4, -0.2) is 77.8 Å². The van der Waals surface area contributed by atoms with Gasteiger partial charge in [-0.15, -0.1) is 0 Å². The lowest BCUT2D eigenvalue weighted by Crippen LogP contribution is -2.50. The number of nitrogens with one attached hydrogen (secondary N) is 3. The molecule has 1 fully saturated rings. The molecule has 44 heavy (non-hydrogen) atoms. The summed E-state index contributed by atoms with van der Waals surface area (Å²) in [5, 5.41) is 18.3. The van der Waals surface area contributed by atoms with Crippen LogP contribution in [0.5, 0.6) is 5.75 Å². The molecule has 0 radical (unpaired) electrons. The molecule has 5 amide bonds. The number of amides is 5. The summed E-state index contributed by atoms with van der Waals surface area (Å²) < 4.78 is 45.2. The summed E-state index contributed by atoms with van der Waals surface area (Å²) in [6, 6.07) is 7.56. The second-order valence-corrected chi connectivity index (χ2v) is 11.6. The number of fused-ring (bicyclic) bond motifs is 1. The lowest BCUT2D eigenvalue weighted by molar-refractivity contribution is -0.137. The fraction of sp³-hybridized carbons (Fsp3) is 0.516. The average molecular weight is 620 g/mol. The minimum Gasteiger partial charge on any atom is -0.485 e. The van der Waals surface area contributed by atoms with E-state index in [-0.39, 0.29) is 60.3 Å². The van der Waals surface area contributed by atoms with Crippen LogP contribution in [0.3, 0.4) is 0 Å². The number of hydrogen-bond acceptors (Lipinski definition) is 5. The van der Waals surface area contributed by atoms with Crippen LogP contribution in [0.1, 0.15) is 61.9 Å². The van der Waals surface area contributed by atoms with Gasteiger partial charge in [-0.3, -0.25) is 4.79 Å². The molecule has 1 heterocycles. The normalized spacial score (nSPS) is 20.0. The van der Waals surface area contributed by atoms with Crippen LogP contribution < -0.4 is 20.7 Å². The van der Waals surface area contributed by atoms with E-state index in [2.05, 4.69) is 16.0 Å². The summed E-state index contributed by atoms with van der Waals surface area (Å²) in [5.41, 5.74) is -0.144. The van der Waals surface area contributed by atoms with Crippen LogP contribution in [0.15, 0.2) is 42.5 Å². The van der Waals surface area contributed by atoms with Crippen LogP contribution in [0, 0.1) is 5.92 Å². The van der Waals surface area contributed by atoms with Gasteiger partial charge in [0.1, 0.15) is 6.10 Å². The van der Waals surface area contributed by atoms with E-state index in [4.69, 9.17) is 4.74 Å². The van der Waals surface area contributed by atoms with E-state index in [0.717, 1.165) is 44.2 Å². The second-order valence-electron chi connectivity index (χ2n) is 11.6. The molecule has 1 aliphatic heterocycles. The number of para-hydroxylation sites is 1. The molecule has 3 unspecified atom stereocenters. The standard InChI is InChI=1S/C31H40F3N5O5/c1-19-16-39(20(2)18-40)28(41)24-10-7-11-25(37-29(42)35-22-8-5-4-6-9-22)27(24)44-26(19)17-38(3)30(43)36-23-14-12-21(13-15-23)31(32,33)34/h7,10-15,19-20,22,26,40H,4-6,8-9,16-18H2,1-3H3,(H,36,43)(H2,35,37,42). The van der Waals surface area contributed by atoms with E-state index in [1.165, 1.54) is 24.1 Å². The summed E-state index contributed by atoms with van der Waals surface area (Å²) in [4.78, 5) is 42.5. The molecule has 240 valence electrons.